The van der Waals surface area contributed by atoms with E-state index >= 15 is 0 Å². The highest BCUT2D eigenvalue weighted by molar-refractivity contribution is 5.72. The van der Waals surface area contributed by atoms with Gasteiger partial charge in [0.15, 0.2) is 5.58 Å². The van der Waals surface area contributed by atoms with E-state index in [0.717, 1.165) is 56.0 Å². The summed E-state index contributed by atoms with van der Waals surface area (Å²) < 4.78 is 23.7. The van der Waals surface area contributed by atoms with Gasteiger partial charge >= 0.3 is 5.76 Å². The van der Waals surface area contributed by atoms with Crippen molar-refractivity contribution in [2.45, 2.75) is 62.9 Å². The molecule has 0 radical (unpaired) electrons. The molecule has 2 aromatic carbocycles. The predicted octanol–water partition coefficient (Wildman–Crippen LogP) is 6.23. The number of oxazole rings is 1. The molecule has 2 N–H and O–H groups in total. The monoisotopic (exact) mass is 448 g/mol. The molecule has 2 heterocycles. The highest BCUT2D eigenvalue weighted by Gasteiger charge is 2.25. The third-order valence-corrected chi connectivity index (χ3v) is 6.90. The SMILES string of the molecule is O=c1[nH]c2ccc(C3CCC(NC(CCCc4ccc(F)cc4)c4ccoc4)CC3)cc2o1. The Morgan fingerprint density at radius 3 is 2.64 bits per heavy atom. The summed E-state index contributed by atoms with van der Waals surface area (Å²) in [5.41, 5.74) is 4.98. The molecule has 1 atom stereocenters. The van der Waals surface area contributed by atoms with Crippen LogP contribution in [0, 0.1) is 5.82 Å². The van der Waals surface area contributed by atoms with Gasteiger partial charge in [-0.15, -0.1) is 0 Å². The Morgan fingerprint density at radius 1 is 1.06 bits per heavy atom. The van der Waals surface area contributed by atoms with E-state index in [1.54, 1.807) is 6.26 Å². The van der Waals surface area contributed by atoms with E-state index in [-0.39, 0.29) is 11.9 Å². The van der Waals surface area contributed by atoms with Gasteiger partial charge in [-0.2, -0.15) is 0 Å². The van der Waals surface area contributed by atoms with Crippen molar-refractivity contribution >= 4 is 11.1 Å². The van der Waals surface area contributed by atoms with E-state index in [1.165, 1.54) is 23.3 Å². The number of aromatic amines is 1. The van der Waals surface area contributed by atoms with Gasteiger partial charge in [-0.3, -0.25) is 4.98 Å². The van der Waals surface area contributed by atoms with Crippen molar-refractivity contribution in [2.75, 3.05) is 0 Å². The average molecular weight is 449 g/mol. The van der Waals surface area contributed by atoms with E-state index in [0.29, 0.717) is 17.5 Å². The Bertz CT molecular complexity index is 1220. The molecule has 1 aliphatic carbocycles. The molecule has 33 heavy (non-hydrogen) atoms. The van der Waals surface area contributed by atoms with Crippen LogP contribution in [0.1, 0.15) is 67.2 Å². The van der Waals surface area contributed by atoms with Crippen LogP contribution in [0.2, 0.25) is 0 Å². The molecule has 4 aromatic rings. The van der Waals surface area contributed by atoms with Crippen molar-refractivity contribution in [2.24, 2.45) is 0 Å². The Labute approximate surface area is 192 Å². The molecule has 0 bridgehead atoms. The topological polar surface area (TPSA) is 71.2 Å². The van der Waals surface area contributed by atoms with Crippen molar-refractivity contribution < 1.29 is 13.2 Å². The van der Waals surface area contributed by atoms with Crippen LogP contribution >= 0.6 is 0 Å². The van der Waals surface area contributed by atoms with Crippen LogP contribution in [-0.2, 0) is 6.42 Å². The van der Waals surface area contributed by atoms with Gasteiger partial charge in [-0.05, 0) is 92.3 Å². The van der Waals surface area contributed by atoms with Gasteiger partial charge in [0.05, 0.1) is 18.0 Å². The number of furan rings is 1. The molecule has 1 unspecified atom stereocenters. The normalized spacial score (nSPS) is 19.7. The molecule has 5 nitrogen and oxygen atoms in total. The average Bonchev–Trinajstić information content (AvgIpc) is 3.49. The van der Waals surface area contributed by atoms with Gasteiger partial charge in [0, 0.05) is 17.6 Å². The molecule has 1 aliphatic rings. The number of hydrogen-bond donors (Lipinski definition) is 2. The first kappa shape index (κ1) is 21.7. The van der Waals surface area contributed by atoms with Crippen molar-refractivity contribution in [3.63, 3.8) is 0 Å². The summed E-state index contributed by atoms with van der Waals surface area (Å²) in [7, 11) is 0. The maximum Gasteiger partial charge on any atom is 0.417 e. The number of rotatable bonds is 8. The van der Waals surface area contributed by atoms with Gasteiger partial charge in [-0.1, -0.05) is 18.2 Å². The Morgan fingerprint density at radius 2 is 1.88 bits per heavy atom. The third kappa shape index (κ3) is 5.28. The van der Waals surface area contributed by atoms with Crippen molar-refractivity contribution in [3.8, 4) is 0 Å². The fourth-order valence-electron chi connectivity index (χ4n) is 5.07. The number of halogens is 1. The highest BCUT2D eigenvalue weighted by Crippen LogP contribution is 2.35. The van der Waals surface area contributed by atoms with Gasteiger partial charge in [0.2, 0.25) is 0 Å². The molecule has 6 heteroatoms. The summed E-state index contributed by atoms with van der Waals surface area (Å²) >= 11 is 0. The lowest BCUT2D eigenvalue weighted by molar-refractivity contribution is 0.306. The molecule has 1 fully saturated rings. The highest BCUT2D eigenvalue weighted by atomic mass is 19.1. The molecule has 2 aromatic heterocycles. The molecule has 172 valence electrons. The second-order valence-corrected chi connectivity index (χ2v) is 9.11. The summed E-state index contributed by atoms with van der Waals surface area (Å²) in [6, 6.07) is 15.6. The molecular formula is C27H29FN2O3. The number of nitrogens with one attached hydrogen (secondary N) is 2. The van der Waals surface area contributed by atoms with Crippen LogP contribution in [0.15, 0.2) is 74.7 Å². The second-order valence-electron chi connectivity index (χ2n) is 9.11. The van der Waals surface area contributed by atoms with E-state index in [1.807, 2.05) is 36.6 Å². The zero-order chi connectivity index (χ0) is 22.6. The van der Waals surface area contributed by atoms with Crippen molar-refractivity contribution in [1.29, 1.82) is 0 Å². The Hall–Kier alpha value is -3.12. The van der Waals surface area contributed by atoms with Gasteiger partial charge in [0.1, 0.15) is 5.82 Å². The molecule has 0 amide bonds. The zero-order valence-corrected chi connectivity index (χ0v) is 18.6. The summed E-state index contributed by atoms with van der Waals surface area (Å²) in [6.07, 6.45) is 10.9. The molecule has 0 aliphatic heterocycles. The minimum Gasteiger partial charge on any atom is -0.472 e. The first-order chi connectivity index (χ1) is 16.1. The van der Waals surface area contributed by atoms with E-state index < -0.39 is 5.76 Å². The Kier molecular flexibility index (Phi) is 6.44. The minimum absolute atomic E-state index is 0.190. The molecule has 5 rings (SSSR count). The molecule has 0 saturated heterocycles. The lowest BCUT2D eigenvalue weighted by atomic mass is 9.81. The fraction of sp³-hybridized carbons (Fsp3) is 0.370. The fourth-order valence-corrected chi connectivity index (χ4v) is 5.07. The zero-order valence-electron chi connectivity index (χ0n) is 18.6. The summed E-state index contributed by atoms with van der Waals surface area (Å²) in [4.78, 5) is 14.1. The number of benzene rings is 2. The minimum atomic E-state index is -0.403. The van der Waals surface area contributed by atoms with Crippen LogP contribution in [-0.4, -0.2) is 11.0 Å². The van der Waals surface area contributed by atoms with E-state index in [9.17, 15) is 9.18 Å². The summed E-state index contributed by atoms with van der Waals surface area (Å²) in [6.45, 7) is 0. The third-order valence-electron chi connectivity index (χ3n) is 6.90. The molecular weight excluding hydrogens is 419 g/mol. The van der Waals surface area contributed by atoms with Crippen LogP contribution in [0.5, 0.6) is 0 Å². The lowest BCUT2D eigenvalue weighted by Gasteiger charge is -2.32. The van der Waals surface area contributed by atoms with E-state index in [2.05, 4.69) is 16.4 Å². The lowest BCUT2D eigenvalue weighted by Crippen LogP contribution is -2.35. The van der Waals surface area contributed by atoms with Gasteiger partial charge < -0.3 is 14.2 Å². The largest absolute Gasteiger partial charge is 0.472 e. The standard InChI is InChI=1S/C27H29FN2O3/c28-22-9-4-18(5-10-22)2-1-3-24(21-14-15-32-17-21)29-23-11-6-19(7-12-23)20-8-13-25-26(16-20)33-27(31)30-25/h4-5,8-10,13-17,19,23-24,29H,1-3,6-7,11-12H2,(H,30,31). The summed E-state index contributed by atoms with van der Waals surface area (Å²) in [5.74, 6) is -0.108. The smallest absolute Gasteiger partial charge is 0.417 e. The predicted molar refractivity (Wildman–Crippen MR) is 126 cm³/mol. The maximum absolute atomic E-state index is 13.2. The van der Waals surface area contributed by atoms with Crippen molar-refractivity contribution in [1.82, 2.24) is 10.3 Å². The summed E-state index contributed by atoms with van der Waals surface area (Å²) in [5, 5.41) is 3.87. The second kappa shape index (κ2) is 9.79. The first-order valence-corrected chi connectivity index (χ1v) is 11.8. The van der Waals surface area contributed by atoms with E-state index in [4.69, 9.17) is 8.83 Å². The maximum atomic E-state index is 13.2. The van der Waals surface area contributed by atoms with Crippen LogP contribution in [0.4, 0.5) is 4.39 Å². The van der Waals surface area contributed by atoms with Crippen LogP contribution in [0.3, 0.4) is 0 Å². The number of aromatic nitrogens is 1. The number of fused-ring (bicyclic) bond motifs is 1. The molecule has 1 saturated carbocycles. The van der Waals surface area contributed by atoms with Crippen LogP contribution in [0.25, 0.3) is 11.1 Å². The Balaban J connectivity index is 1.17. The quantitative estimate of drug-likeness (QED) is 0.335. The first-order valence-electron chi connectivity index (χ1n) is 11.8. The van der Waals surface area contributed by atoms with Crippen LogP contribution < -0.4 is 11.1 Å². The molecule has 0 spiro atoms. The van der Waals surface area contributed by atoms with Gasteiger partial charge in [-0.25, -0.2) is 9.18 Å². The number of H-pyrrole nitrogens is 1. The number of hydrogen-bond acceptors (Lipinski definition) is 4. The number of aryl methyl sites for hydroxylation is 1. The van der Waals surface area contributed by atoms with Crippen molar-refractivity contribution in [3.05, 3.63) is 94.1 Å². The van der Waals surface area contributed by atoms with Gasteiger partial charge in [0.25, 0.3) is 0 Å².